The van der Waals surface area contributed by atoms with Crippen LogP contribution in [0.15, 0.2) is 53.7 Å². The maximum absolute atomic E-state index is 11.7. The van der Waals surface area contributed by atoms with Crippen LogP contribution in [0.25, 0.3) is 0 Å². The van der Waals surface area contributed by atoms with Gasteiger partial charge in [0, 0.05) is 24.3 Å². The van der Waals surface area contributed by atoms with E-state index in [0.717, 1.165) is 11.1 Å². The monoisotopic (exact) mass is 402 g/mol. The van der Waals surface area contributed by atoms with E-state index in [1.807, 2.05) is 49.4 Å². The largest absolute Gasteiger partial charge is 0.473 e. The van der Waals surface area contributed by atoms with Gasteiger partial charge in [-0.15, -0.1) is 0 Å². The summed E-state index contributed by atoms with van der Waals surface area (Å²) in [7, 11) is -2.94. The zero-order chi connectivity index (χ0) is 19.8. The highest BCUT2D eigenvalue weighted by molar-refractivity contribution is 7.91. The third-order valence-electron chi connectivity index (χ3n) is 4.39. The van der Waals surface area contributed by atoms with E-state index in [0.29, 0.717) is 38.0 Å². The molecule has 150 valence electrons. The Morgan fingerprint density at radius 3 is 2.79 bits per heavy atom. The van der Waals surface area contributed by atoms with Crippen molar-refractivity contribution >= 4 is 15.8 Å². The van der Waals surface area contributed by atoms with Crippen molar-refractivity contribution in [3.63, 3.8) is 0 Å². The van der Waals surface area contributed by atoms with E-state index in [9.17, 15) is 8.42 Å². The number of benzene rings is 1. The predicted octanol–water partition coefficient (Wildman–Crippen LogP) is 1.90. The molecule has 0 spiro atoms. The molecule has 8 heteroatoms. The van der Waals surface area contributed by atoms with Crippen molar-refractivity contribution in [2.75, 3.05) is 18.1 Å². The predicted molar refractivity (Wildman–Crippen MR) is 110 cm³/mol. The Hall–Kier alpha value is -2.61. The third kappa shape index (κ3) is 5.95. The molecule has 0 aliphatic carbocycles. The van der Waals surface area contributed by atoms with E-state index in [4.69, 9.17) is 4.74 Å². The van der Waals surface area contributed by atoms with Crippen molar-refractivity contribution < 1.29 is 13.2 Å². The van der Waals surface area contributed by atoms with Gasteiger partial charge < -0.3 is 15.4 Å². The van der Waals surface area contributed by atoms with Gasteiger partial charge in [-0.25, -0.2) is 18.4 Å². The molecule has 0 saturated carbocycles. The lowest BCUT2D eigenvalue weighted by atomic mass is 10.2. The van der Waals surface area contributed by atoms with E-state index < -0.39 is 9.84 Å². The number of pyridine rings is 1. The lowest BCUT2D eigenvalue weighted by molar-refractivity contribution is 0.290. The van der Waals surface area contributed by atoms with Crippen LogP contribution < -0.4 is 15.4 Å². The fourth-order valence-electron chi connectivity index (χ4n) is 2.99. The van der Waals surface area contributed by atoms with Gasteiger partial charge in [-0.05, 0) is 25.0 Å². The van der Waals surface area contributed by atoms with Crippen LogP contribution in [0.1, 0.15) is 24.5 Å². The highest BCUT2D eigenvalue weighted by Gasteiger charge is 2.28. The summed E-state index contributed by atoms with van der Waals surface area (Å²) in [6.07, 6.45) is 2.30. The van der Waals surface area contributed by atoms with E-state index in [1.54, 1.807) is 6.20 Å². The number of nitrogens with zero attached hydrogens (tertiary/aromatic N) is 2. The summed E-state index contributed by atoms with van der Waals surface area (Å²) in [6, 6.07) is 13.6. The Labute approximate surface area is 166 Å². The molecular weight excluding hydrogens is 376 g/mol. The second-order valence-electron chi connectivity index (χ2n) is 6.68. The molecule has 7 nitrogen and oxygen atoms in total. The minimum atomic E-state index is -2.94. The van der Waals surface area contributed by atoms with Gasteiger partial charge in [0.1, 0.15) is 6.61 Å². The van der Waals surface area contributed by atoms with Gasteiger partial charge in [-0.2, -0.15) is 0 Å². The molecule has 2 heterocycles. The van der Waals surface area contributed by atoms with E-state index in [1.165, 1.54) is 0 Å². The van der Waals surface area contributed by atoms with E-state index in [2.05, 4.69) is 20.6 Å². The Morgan fingerprint density at radius 1 is 1.25 bits per heavy atom. The van der Waals surface area contributed by atoms with Crippen LogP contribution in [0.2, 0.25) is 0 Å². The number of guanidine groups is 1. The molecule has 3 rings (SSSR count). The van der Waals surface area contributed by atoms with Gasteiger partial charge >= 0.3 is 0 Å². The average molecular weight is 403 g/mol. The van der Waals surface area contributed by atoms with Crippen LogP contribution in [0.5, 0.6) is 5.88 Å². The van der Waals surface area contributed by atoms with E-state index in [-0.39, 0.29) is 17.5 Å². The summed E-state index contributed by atoms with van der Waals surface area (Å²) < 4.78 is 29.2. The Kier molecular flexibility index (Phi) is 6.86. The molecule has 0 amide bonds. The van der Waals surface area contributed by atoms with Crippen LogP contribution >= 0.6 is 0 Å². The molecule has 0 radical (unpaired) electrons. The highest BCUT2D eigenvalue weighted by Crippen LogP contribution is 2.17. The minimum absolute atomic E-state index is 0.106. The number of nitrogens with one attached hydrogen (secondary N) is 2. The molecular formula is C20H26N4O3S. The smallest absolute Gasteiger partial charge is 0.218 e. The Balaban J connectivity index is 1.65. The number of ether oxygens (including phenoxy) is 1. The maximum atomic E-state index is 11.7. The standard InChI is InChI=1S/C20H26N4O3S/c1-2-21-20(24-18-10-12-28(25,26)15-18)23-13-17-9-6-11-22-19(17)27-14-16-7-4-3-5-8-16/h3-9,11,18H,2,10,12-15H2,1H3,(H2,21,23,24). The first kappa shape index (κ1) is 20.1. The summed E-state index contributed by atoms with van der Waals surface area (Å²) in [6.45, 7) is 3.48. The van der Waals surface area contributed by atoms with Crippen LogP contribution in [0.3, 0.4) is 0 Å². The number of aliphatic imine (C=N–C) groups is 1. The summed E-state index contributed by atoms with van der Waals surface area (Å²) >= 11 is 0. The summed E-state index contributed by atoms with van der Waals surface area (Å²) in [5, 5.41) is 6.39. The molecule has 1 fully saturated rings. The molecule has 1 saturated heterocycles. The maximum Gasteiger partial charge on any atom is 0.218 e. The number of hydrogen-bond donors (Lipinski definition) is 2. The molecule has 1 unspecified atom stereocenters. The molecule has 1 aliphatic rings. The van der Waals surface area contributed by atoms with Gasteiger partial charge in [0.15, 0.2) is 15.8 Å². The summed E-state index contributed by atoms with van der Waals surface area (Å²) in [5.74, 6) is 1.52. The first-order valence-corrected chi connectivity index (χ1v) is 11.2. The summed E-state index contributed by atoms with van der Waals surface area (Å²) in [5.41, 5.74) is 1.94. The van der Waals surface area contributed by atoms with Gasteiger partial charge in [0.25, 0.3) is 0 Å². The molecule has 1 atom stereocenters. The quantitative estimate of drug-likeness (QED) is 0.543. The Bertz CT molecular complexity index is 901. The van der Waals surface area contributed by atoms with Crippen molar-refractivity contribution in [2.24, 2.45) is 4.99 Å². The first-order valence-electron chi connectivity index (χ1n) is 9.41. The van der Waals surface area contributed by atoms with Crippen LogP contribution in [0, 0.1) is 0 Å². The number of aromatic nitrogens is 1. The average Bonchev–Trinajstić information content (AvgIpc) is 3.04. The molecule has 2 N–H and O–H groups in total. The van der Waals surface area contributed by atoms with Gasteiger partial charge in [0.05, 0.1) is 18.1 Å². The first-order chi connectivity index (χ1) is 13.6. The van der Waals surface area contributed by atoms with Crippen molar-refractivity contribution in [1.29, 1.82) is 0 Å². The second-order valence-corrected chi connectivity index (χ2v) is 8.91. The fraction of sp³-hybridized carbons (Fsp3) is 0.400. The molecule has 1 aromatic carbocycles. The van der Waals surface area contributed by atoms with Gasteiger partial charge in [-0.3, -0.25) is 0 Å². The molecule has 1 aromatic heterocycles. The number of hydrogen-bond acceptors (Lipinski definition) is 5. The molecule has 1 aliphatic heterocycles. The fourth-order valence-corrected chi connectivity index (χ4v) is 4.66. The lowest BCUT2D eigenvalue weighted by Gasteiger charge is -2.16. The topological polar surface area (TPSA) is 92.7 Å². The van der Waals surface area contributed by atoms with Gasteiger partial charge in [0.2, 0.25) is 5.88 Å². The zero-order valence-electron chi connectivity index (χ0n) is 16.0. The van der Waals surface area contributed by atoms with Crippen molar-refractivity contribution in [1.82, 2.24) is 15.6 Å². The summed E-state index contributed by atoms with van der Waals surface area (Å²) in [4.78, 5) is 8.92. The lowest BCUT2D eigenvalue weighted by Crippen LogP contribution is -2.44. The van der Waals surface area contributed by atoms with Crippen LogP contribution in [0.4, 0.5) is 0 Å². The second kappa shape index (κ2) is 9.54. The van der Waals surface area contributed by atoms with Crippen LogP contribution in [-0.4, -0.2) is 43.5 Å². The van der Waals surface area contributed by atoms with Crippen LogP contribution in [-0.2, 0) is 23.0 Å². The van der Waals surface area contributed by atoms with Crippen molar-refractivity contribution in [2.45, 2.75) is 32.5 Å². The van der Waals surface area contributed by atoms with Crippen molar-refractivity contribution in [3.8, 4) is 5.88 Å². The molecule has 28 heavy (non-hydrogen) atoms. The van der Waals surface area contributed by atoms with E-state index >= 15 is 0 Å². The van der Waals surface area contributed by atoms with Gasteiger partial charge in [-0.1, -0.05) is 36.4 Å². The molecule has 0 bridgehead atoms. The third-order valence-corrected chi connectivity index (χ3v) is 6.16. The van der Waals surface area contributed by atoms with Crippen molar-refractivity contribution in [3.05, 3.63) is 59.8 Å². The highest BCUT2D eigenvalue weighted by atomic mass is 32.2. The number of sulfone groups is 1. The number of rotatable bonds is 7. The zero-order valence-corrected chi connectivity index (χ0v) is 16.8. The molecule has 2 aromatic rings. The minimum Gasteiger partial charge on any atom is -0.473 e. The Morgan fingerprint density at radius 2 is 2.07 bits per heavy atom. The normalized spacial score (nSPS) is 18.6. The SMILES string of the molecule is CCNC(=NCc1cccnc1OCc1ccccc1)NC1CCS(=O)(=O)C1.